The van der Waals surface area contributed by atoms with Crippen LogP contribution in [0.25, 0.3) is 0 Å². The van der Waals surface area contributed by atoms with Gasteiger partial charge >= 0.3 is 11.9 Å². The van der Waals surface area contributed by atoms with E-state index >= 15 is 0 Å². The highest BCUT2D eigenvalue weighted by atomic mass is 19.3. The zero-order valence-corrected chi connectivity index (χ0v) is 13.5. The van der Waals surface area contributed by atoms with Crippen LogP contribution in [0.1, 0.15) is 30.6 Å². The standard InChI is InChI=1S/C17H20F2O5/c1-3-23-16(21)14(17(22)24-4-2)12(15(18)19)10-13(20)11-8-6-5-7-9-11/h5-9,12,14-15H,3-4,10H2,1-2H3/t12-/m0/s1. The predicted octanol–water partition coefficient (Wildman–Crippen LogP) is 2.88. The maximum absolute atomic E-state index is 13.5. The smallest absolute Gasteiger partial charge is 0.320 e. The number of carbonyl (C=O) groups is 3. The van der Waals surface area contributed by atoms with E-state index in [4.69, 9.17) is 9.47 Å². The van der Waals surface area contributed by atoms with Gasteiger partial charge in [0.2, 0.25) is 6.43 Å². The van der Waals surface area contributed by atoms with Crippen molar-refractivity contribution < 1.29 is 32.6 Å². The highest BCUT2D eigenvalue weighted by Crippen LogP contribution is 2.28. The number of rotatable bonds is 9. The fourth-order valence-corrected chi connectivity index (χ4v) is 2.22. The first-order valence-electron chi connectivity index (χ1n) is 7.62. The van der Waals surface area contributed by atoms with Crippen molar-refractivity contribution in [2.45, 2.75) is 26.7 Å². The van der Waals surface area contributed by atoms with Gasteiger partial charge in [0.05, 0.1) is 19.1 Å². The predicted molar refractivity (Wildman–Crippen MR) is 81.6 cm³/mol. The van der Waals surface area contributed by atoms with Gasteiger partial charge in [0.25, 0.3) is 0 Å². The van der Waals surface area contributed by atoms with E-state index in [0.29, 0.717) is 0 Å². The summed E-state index contributed by atoms with van der Waals surface area (Å²) in [6.45, 7) is 2.84. The van der Waals surface area contributed by atoms with Crippen molar-refractivity contribution in [1.29, 1.82) is 0 Å². The highest BCUT2D eigenvalue weighted by molar-refractivity contribution is 5.99. The van der Waals surface area contributed by atoms with Gasteiger partial charge in [-0.05, 0) is 13.8 Å². The molecule has 5 nitrogen and oxygen atoms in total. The Balaban J connectivity index is 3.05. The quantitative estimate of drug-likeness (QED) is 0.392. The van der Waals surface area contributed by atoms with Crippen LogP contribution in [0.4, 0.5) is 8.78 Å². The van der Waals surface area contributed by atoms with Gasteiger partial charge in [0.15, 0.2) is 11.7 Å². The summed E-state index contributed by atoms with van der Waals surface area (Å²) >= 11 is 0. The fourth-order valence-electron chi connectivity index (χ4n) is 2.22. The lowest BCUT2D eigenvalue weighted by atomic mass is 9.86. The Morgan fingerprint density at radius 1 is 0.958 bits per heavy atom. The largest absolute Gasteiger partial charge is 0.465 e. The van der Waals surface area contributed by atoms with Gasteiger partial charge < -0.3 is 9.47 Å². The number of Topliss-reactive ketones (excluding diaryl/α,β-unsaturated/α-hetero) is 1. The third-order valence-corrected chi connectivity index (χ3v) is 3.35. The lowest BCUT2D eigenvalue weighted by Crippen LogP contribution is -2.39. The van der Waals surface area contributed by atoms with E-state index in [9.17, 15) is 23.2 Å². The maximum atomic E-state index is 13.5. The summed E-state index contributed by atoms with van der Waals surface area (Å²) in [7, 11) is 0. The molecule has 1 rings (SSSR count). The maximum Gasteiger partial charge on any atom is 0.320 e. The average Bonchev–Trinajstić information content (AvgIpc) is 2.55. The van der Waals surface area contributed by atoms with E-state index in [1.54, 1.807) is 18.2 Å². The van der Waals surface area contributed by atoms with Crippen LogP contribution in [0.15, 0.2) is 30.3 Å². The zero-order valence-electron chi connectivity index (χ0n) is 13.5. The van der Waals surface area contributed by atoms with Crippen molar-refractivity contribution in [3.05, 3.63) is 35.9 Å². The molecular formula is C17H20F2O5. The van der Waals surface area contributed by atoms with Gasteiger partial charge in [0.1, 0.15) is 0 Å². The molecule has 24 heavy (non-hydrogen) atoms. The van der Waals surface area contributed by atoms with Crippen LogP contribution in [-0.4, -0.2) is 37.4 Å². The summed E-state index contributed by atoms with van der Waals surface area (Å²) in [5.74, 6) is -6.45. The Bertz CT molecular complexity index is 541. The number of esters is 2. The summed E-state index contributed by atoms with van der Waals surface area (Å²) < 4.78 is 36.3. The van der Waals surface area contributed by atoms with Gasteiger partial charge in [-0.25, -0.2) is 8.78 Å². The van der Waals surface area contributed by atoms with E-state index in [-0.39, 0.29) is 18.8 Å². The third-order valence-electron chi connectivity index (χ3n) is 3.35. The normalized spacial score (nSPS) is 12.1. The molecule has 0 radical (unpaired) electrons. The zero-order chi connectivity index (χ0) is 18.1. The second kappa shape index (κ2) is 9.75. The van der Waals surface area contributed by atoms with Gasteiger partial charge in [-0.2, -0.15) is 0 Å². The van der Waals surface area contributed by atoms with E-state index in [0.717, 1.165) is 0 Å². The van der Waals surface area contributed by atoms with Crippen LogP contribution in [0.2, 0.25) is 0 Å². The van der Waals surface area contributed by atoms with Crippen molar-refractivity contribution in [2.75, 3.05) is 13.2 Å². The molecule has 0 fully saturated rings. The first-order chi connectivity index (χ1) is 11.4. The van der Waals surface area contributed by atoms with Crippen LogP contribution in [-0.2, 0) is 19.1 Å². The molecular weight excluding hydrogens is 322 g/mol. The Morgan fingerprint density at radius 2 is 1.46 bits per heavy atom. The molecule has 0 aromatic heterocycles. The third kappa shape index (κ3) is 5.40. The van der Waals surface area contributed by atoms with Crippen LogP contribution < -0.4 is 0 Å². The fraction of sp³-hybridized carbons (Fsp3) is 0.471. The van der Waals surface area contributed by atoms with Crippen LogP contribution in [0.5, 0.6) is 0 Å². The first kappa shape index (κ1) is 19.7. The number of ketones is 1. The van der Waals surface area contributed by atoms with E-state index in [1.807, 2.05) is 0 Å². The topological polar surface area (TPSA) is 69.7 Å². The minimum Gasteiger partial charge on any atom is -0.465 e. The molecule has 0 saturated heterocycles. The van der Waals surface area contributed by atoms with Gasteiger partial charge in [-0.3, -0.25) is 14.4 Å². The molecule has 0 bridgehead atoms. The van der Waals surface area contributed by atoms with E-state index < -0.39 is 42.4 Å². The minimum atomic E-state index is -3.06. The summed E-state index contributed by atoms with van der Waals surface area (Å²) in [5, 5.41) is 0. The summed E-state index contributed by atoms with van der Waals surface area (Å²) in [6.07, 6.45) is -3.72. The molecule has 0 aliphatic rings. The number of carbonyl (C=O) groups excluding carboxylic acids is 3. The molecule has 0 N–H and O–H groups in total. The monoisotopic (exact) mass is 342 g/mol. The Labute approximate surface area is 138 Å². The second-order valence-corrected chi connectivity index (χ2v) is 4.97. The van der Waals surface area contributed by atoms with Crippen molar-refractivity contribution in [3.63, 3.8) is 0 Å². The second-order valence-electron chi connectivity index (χ2n) is 4.97. The van der Waals surface area contributed by atoms with Crippen molar-refractivity contribution in [2.24, 2.45) is 11.8 Å². The van der Waals surface area contributed by atoms with Crippen LogP contribution in [0, 0.1) is 11.8 Å². The number of alkyl halides is 2. The first-order valence-corrected chi connectivity index (χ1v) is 7.62. The lowest BCUT2D eigenvalue weighted by Gasteiger charge is -2.23. The molecule has 1 atom stereocenters. The summed E-state index contributed by atoms with van der Waals surface area (Å²) in [5.41, 5.74) is 0.231. The Kier molecular flexibility index (Phi) is 8.01. The molecule has 0 heterocycles. The molecule has 0 aliphatic carbocycles. The molecule has 1 aromatic carbocycles. The molecule has 7 heteroatoms. The molecule has 0 unspecified atom stereocenters. The Morgan fingerprint density at radius 3 is 1.88 bits per heavy atom. The highest BCUT2D eigenvalue weighted by Gasteiger charge is 2.43. The molecule has 0 spiro atoms. The van der Waals surface area contributed by atoms with E-state index in [1.165, 1.54) is 26.0 Å². The van der Waals surface area contributed by atoms with E-state index in [2.05, 4.69) is 0 Å². The molecule has 132 valence electrons. The SMILES string of the molecule is CCOC(=O)C(C(=O)OCC)[C@H](CC(=O)c1ccccc1)C(F)F. The summed E-state index contributed by atoms with van der Waals surface area (Å²) in [6, 6.07) is 7.84. The minimum absolute atomic E-state index is 0.0721. The van der Waals surface area contributed by atoms with Gasteiger partial charge in [-0.1, -0.05) is 30.3 Å². The molecule has 1 aromatic rings. The number of halogens is 2. The van der Waals surface area contributed by atoms with Gasteiger partial charge in [0, 0.05) is 12.0 Å². The average molecular weight is 342 g/mol. The van der Waals surface area contributed by atoms with Crippen LogP contribution >= 0.6 is 0 Å². The summed E-state index contributed by atoms with van der Waals surface area (Å²) in [4.78, 5) is 36.1. The van der Waals surface area contributed by atoms with Crippen molar-refractivity contribution in [3.8, 4) is 0 Å². The number of hydrogen-bond donors (Lipinski definition) is 0. The molecule has 0 amide bonds. The van der Waals surface area contributed by atoms with Crippen LogP contribution in [0.3, 0.4) is 0 Å². The van der Waals surface area contributed by atoms with Gasteiger partial charge in [-0.15, -0.1) is 0 Å². The number of benzene rings is 1. The van der Waals surface area contributed by atoms with Crippen molar-refractivity contribution >= 4 is 17.7 Å². The number of hydrogen-bond acceptors (Lipinski definition) is 5. The molecule has 0 aliphatic heterocycles. The number of ether oxygens (including phenoxy) is 2. The molecule has 0 saturated carbocycles. The Hall–Kier alpha value is -2.31. The lowest BCUT2D eigenvalue weighted by molar-refractivity contribution is -0.167. The van der Waals surface area contributed by atoms with Crippen molar-refractivity contribution in [1.82, 2.24) is 0 Å².